The van der Waals surface area contributed by atoms with E-state index in [2.05, 4.69) is 29.0 Å². The monoisotopic (exact) mass is 172 g/mol. The Kier molecular flexibility index (Phi) is 1.89. The van der Waals surface area contributed by atoms with E-state index in [1.165, 1.54) is 5.56 Å². The molecule has 0 spiro atoms. The molecule has 0 fully saturated rings. The van der Waals surface area contributed by atoms with Crippen molar-refractivity contribution in [3.63, 3.8) is 0 Å². The molecule has 0 atom stereocenters. The summed E-state index contributed by atoms with van der Waals surface area (Å²) in [4.78, 5) is 7.64. The Bertz CT molecular complexity index is 452. The quantitative estimate of drug-likeness (QED) is 0.704. The number of benzene rings is 1. The minimum Gasteiger partial charge on any atom is -0.338 e. The topological polar surface area (TPSA) is 28.7 Å². The lowest BCUT2D eigenvalue weighted by atomic mass is 10.2. The van der Waals surface area contributed by atoms with Gasteiger partial charge in [0.1, 0.15) is 5.82 Å². The van der Waals surface area contributed by atoms with E-state index in [4.69, 9.17) is 0 Å². The Labute approximate surface area is 77.3 Å². The molecular weight excluding hydrogens is 160 g/mol. The van der Waals surface area contributed by atoms with Gasteiger partial charge in [-0.1, -0.05) is 12.1 Å². The Balaban J connectivity index is 2.62. The van der Waals surface area contributed by atoms with Crippen molar-refractivity contribution in [2.75, 3.05) is 0 Å². The SMILES string of the molecule is C/C=C\c1nc2ccc(C)cc2[nH]1. The van der Waals surface area contributed by atoms with Gasteiger partial charge in [-0.3, -0.25) is 0 Å². The number of fused-ring (bicyclic) bond motifs is 1. The molecule has 66 valence electrons. The summed E-state index contributed by atoms with van der Waals surface area (Å²) >= 11 is 0. The van der Waals surface area contributed by atoms with Crippen LogP contribution in [0.4, 0.5) is 0 Å². The van der Waals surface area contributed by atoms with Gasteiger partial charge < -0.3 is 4.98 Å². The van der Waals surface area contributed by atoms with Gasteiger partial charge in [0.2, 0.25) is 0 Å². The van der Waals surface area contributed by atoms with Crippen LogP contribution in [0.25, 0.3) is 17.1 Å². The zero-order valence-corrected chi connectivity index (χ0v) is 7.83. The Morgan fingerprint density at radius 1 is 1.38 bits per heavy atom. The van der Waals surface area contributed by atoms with E-state index in [0.717, 1.165) is 16.9 Å². The second kappa shape index (κ2) is 3.05. The van der Waals surface area contributed by atoms with Gasteiger partial charge in [0.05, 0.1) is 11.0 Å². The summed E-state index contributed by atoms with van der Waals surface area (Å²) in [5.41, 5.74) is 3.38. The summed E-state index contributed by atoms with van der Waals surface area (Å²) in [5, 5.41) is 0. The summed E-state index contributed by atoms with van der Waals surface area (Å²) in [7, 11) is 0. The summed E-state index contributed by atoms with van der Waals surface area (Å²) in [6.45, 7) is 4.06. The van der Waals surface area contributed by atoms with Crippen LogP contribution in [0.15, 0.2) is 24.3 Å². The third-order valence-electron chi connectivity index (χ3n) is 1.98. The molecular formula is C11H12N2. The number of imidazole rings is 1. The summed E-state index contributed by atoms with van der Waals surface area (Å²) in [6, 6.07) is 6.21. The maximum Gasteiger partial charge on any atom is 0.130 e. The molecule has 0 aliphatic heterocycles. The molecule has 0 amide bonds. The van der Waals surface area contributed by atoms with Crippen LogP contribution in [0.2, 0.25) is 0 Å². The lowest BCUT2D eigenvalue weighted by molar-refractivity contribution is 1.29. The standard InChI is InChI=1S/C11H12N2/c1-3-4-11-12-9-6-5-8(2)7-10(9)13-11/h3-7H,1-2H3,(H,12,13)/b4-3-. The van der Waals surface area contributed by atoms with Gasteiger partial charge in [0.15, 0.2) is 0 Å². The van der Waals surface area contributed by atoms with E-state index in [1.807, 2.05) is 25.1 Å². The van der Waals surface area contributed by atoms with Crippen LogP contribution in [0.3, 0.4) is 0 Å². The van der Waals surface area contributed by atoms with E-state index < -0.39 is 0 Å². The molecule has 0 bridgehead atoms. The van der Waals surface area contributed by atoms with Gasteiger partial charge in [-0.2, -0.15) is 0 Å². The van der Waals surface area contributed by atoms with Crippen molar-refractivity contribution in [1.29, 1.82) is 0 Å². The van der Waals surface area contributed by atoms with Crippen LogP contribution in [0.5, 0.6) is 0 Å². The molecule has 1 N–H and O–H groups in total. The summed E-state index contributed by atoms with van der Waals surface area (Å²) < 4.78 is 0. The second-order valence-corrected chi connectivity index (χ2v) is 3.14. The summed E-state index contributed by atoms with van der Waals surface area (Å²) in [6.07, 6.45) is 3.94. The molecule has 2 heteroatoms. The lowest BCUT2D eigenvalue weighted by Crippen LogP contribution is -1.71. The van der Waals surface area contributed by atoms with Crippen molar-refractivity contribution < 1.29 is 0 Å². The van der Waals surface area contributed by atoms with Crippen LogP contribution in [-0.4, -0.2) is 9.97 Å². The van der Waals surface area contributed by atoms with E-state index in [1.54, 1.807) is 0 Å². The van der Waals surface area contributed by atoms with E-state index in [9.17, 15) is 0 Å². The largest absolute Gasteiger partial charge is 0.338 e. The molecule has 0 saturated carbocycles. The molecule has 0 unspecified atom stereocenters. The van der Waals surface area contributed by atoms with Crippen molar-refractivity contribution in [2.45, 2.75) is 13.8 Å². The van der Waals surface area contributed by atoms with Crippen molar-refractivity contribution in [3.8, 4) is 0 Å². The zero-order chi connectivity index (χ0) is 9.26. The molecule has 0 radical (unpaired) electrons. The van der Waals surface area contributed by atoms with Gasteiger partial charge in [0.25, 0.3) is 0 Å². The normalized spacial score (nSPS) is 11.5. The molecule has 1 aromatic carbocycles. The van der Waals surface area contributed by atoms with Crippen molar-refractivity contribution in [1.82, 2.24) is 9.97 Å². The van der Waals surface area contributed by atoms with Gasteiger partial charge in [-0.25, -0.2) is 4.98 Å². The molecule has 0 aliphatic rings. The average molecular weight is 172 g/mol. The average Bonchev–Trinajstić information content (AvgIpc) is 2.46. The number of aryl methyl sites for hydroxylation is 1. The number of nitrogens with one attached hydrogen (secondary N) is 1. The predicted octanol–water partition coefficient (Wildman–Crippen LogP) is 2.90. The number of aromatic nitrogens is 2. The fourth-order valence-electron chi connectivity index (χ4n) is 1.38. The maximum atomic E-state index is 4.40. The van der Waals surface area contributed by atoms with E-state index >= 15 is 0 Å². The van der Waals surface area contributed by atoms with Gasteiger partial charge in [-0.05, 0) is 37.6 Å². The highest BCUT2D eigenvalue weighted by atomic mass is 14.9. The van der Waals surface area contributed by atoms with Crippen LogP contribution in [0.1, 0.15) is 18.3 Å². The molecule has 13 heavy (non-hydrogen) atoms. The number of nitrogens with zero attached hydrogens (tertiary/aromatic N) is 1. The Morgan fingerprint density at radius 3 is 3.00 bits per heavy atom. The number of rotatable bonds is 1. The van der Waals surface area contributed by atoms with Crippen LogP contribution in [-0.2, 0) is 0 Å². The first-order chi connectivity index (χ1) is 6.29. The van der Waals surface area contributed by atoms with E-state index in [-0.39, 0.29) is 0 Å². The van der Waals surface area contributed by atoms with Gasteiger partial charge in [0, 0.05) is 0 Å². The first kappa shape index (κ1) is 8.05. The fourth-order valence-corrected chi connectivity index (χ4v) is 1.38. The Morgan fingerprint density at radius 2 is 2.23 bits per heavy atom. The number of aromatic amines is 1. The maximum absolute atomic E-state index is 4.40. The summed E-state index contributed by atoms with van der Waals surface area (Å²) in [5.74, 6) is 0.920. The molecule has 0 saturated heterocycles. The molecule has 2 rings (SSSR count). The fraction of sp³-hybridized carbons (Fsp3) is 0.182. The van der Waals surface area contributed by atoms with Crippen LogP contribution < -0.4 is 0 Å². The van der Waals surface area contributed by atoms with Gasteiger partial charge in [-0.15, -0.1) is 0 Å². The highest BCUT2D eigenvalue weighted by Crippen LogP contribution is 2.13. The minimum absolute atomic E-state index is 0.920. The highest BCUT2D eigenvalue weighted by Gasteiger charge is 1.98. The first-order valence-corrected chi connectivity index (χ1v) is 4.38. The van der Waals surface area contributed by atoms with Crippen LogP contribution >= 0.6 is 0 Å². The first-order valence-electron chi connectivity index (χ1n) is 4.38. The van der Waals surface area contributed by atoms with Gasteiger partial charge >= 0.3 is 0 Å². The van der Waals surface area contributed by atoms with E-state index in [0.29, 0.717) is 0 Å². The van der Waals surface area contributed by atoms with Crippen LogP contribution in [0, 0.1) is 6.92 Å². The molecule has 0 aliphatic carbocycles. The van der Waals surface area contributed by atoms with Crippen molar-refractivity contribution in [3.05, 3.63) is 35.7 Å². The lowest BCUT2D eigenvalue weighted by Gasteiger charge is -1.89. The Hall–Kier alpha value is -1.57. The number of hydrogen-bond donors (Lipinski definition) is 1. The minimum atomic E-state index is 0.920. The molecule has 2 nitrogen and oxygen atoms in total. The van der Waals surface area contributed by atoms with Crippen molar-refractivity contribution >= 4 is 17.1 Å². The zero-order valence-electron chi connectivity index (χ0n) is 7.83. The smallest absolute Gasteiger partial charge is 0.130 e. The number of allylic oxidation sites excluding steroid dienone is 1. The molecule has 2 aromatic rings. The van der Waals surface area contributed by atoms with Crippen molar-refractivity contribution in [2.24, 2.45) is 0 Å². The number of hydrogen-bond acceptors (Lipinski definition) is 1. The highest BCUT2D eigenvalue weighted by molar-refractivity contribution is 5.77. The number of H-pyrrole nitrogens is 1. The third kappa shape index (κ3) is 1.47. The predicted molar refractivity (Wildman–Crippen MR) is 55.5 cm³/mol. The second-order valence-electron chi connectivity index (χ2n) is 3.14. The molecule has 1 heterocycles. The third-order valence-corrected chi connectivity index (χ3v) is 1.98. The molecule has 1 aromatic heterocycles.